The number of rotatable bonds is 9. The third-order valence-corrected chi connectivity index (χ3v) is 5.56. The number of nitrogens with one attached hydrogen (secondary N) is 3. The molecule has 1 aromatic carbocycles. The molecule has 5 atom stereocenters. The lowest BCUT2D eigenvalue weighted by Gasteiger charge is -2.22. The van der Waals surface area contributed by atoms with Gasteiger partial charge in [0.15, 0.2) is 12.3 Å². The van der Waals surface area contributed by atoms with E-state index in [2.05, 4.69) is 10.6 Å². The first-order valence-electron chi connectivity index (χ1n) is 11.1. The number of nitrogens with zero attached hydrogens (tertiary/aromatic N) is 1. The normalized spacial score (nSPS) is 23.0. The molecule has 0 unspecified atom stereocenters. The van der Waals surface area contributed by atoms with Crippen molar-refractivity contribution in [2.45, 2.75) is 57.3 Å². The van der Waals surface area contributed by atoms with Crippen LogP contribution in [0.2, 0.25) is 0 Å². The van der Waals surface area contributed by atoms with Gasteiger partial charge < -0.3 is 25.6 Å². The number of carbonyl (C=O) groups is 2. The second-order valence-electron chi connectivity index (χ2n) is 8.67. The van der Waals surface area contributed by atoms with E-state index in [0.29, 0.717) is 12.5 Å². The second kappa shape index (κ2) is 11.2. The predicted molar refractivity (Wildman–Crippen MR) is 122 cm³/mol. The van der Waals surface area contributed by atoms with Gasteiger partial charge in [0.1, 0.15) is 18.2 Å². The maximum absolute atomic E-state index is 13.0. The molecule has 3 rings (SSSR count). The van der Waals surface area contributed by atoms with Gasteiger partial charge in [0.05, 0.1) is 0 Å². The Morgan fingerprint density at radius 2 is 1.82 bits per heavy atom. The number of aliphatic hydroxyl groups is 2. The fourth-order valence-electron chi connectivity index (χ4n) is 3.65. The quantitative estimate of drug-likeness (QED) is 0.313. The van der Waals surface area contributed by atoms with Crippen LogP contribution in [0.3, 0.4) is 0 Å². The Balaban J connectivity index is 1.74. The average molecular weight is 475 g/mol. The van der Waals surface area contributed by atoms with Crippen LogP contribution in [0.25, 0.3) is 0 Å². The number of ether oxygens (including phenoxy) is 1. The van der Waals surface area contributed by atoms with E-state index in [0.717, 1.165) is 28.8 Å². The van der Waals surface area contributed by atoms with Crippen LogP contribution in [-0.2, 0) is 20.7 Å². The van der Waals surface area contributed by atoms with Gasteiger partial charge in [-0.2, -0.15) is 0 Å². The fraction of sp³-hybridized carbons (Fsp3) is 0.478. The molecule has 1 aliphatic rings. The molecular weight excluding hydrogens is 444 g/mol. The minimum atomic E-state index is -1.66. The van der Waals surface area contributed by atoms with E-state index in [1.54, 1.807) is 0 Å². The van der Waals surface area contributed by atoms with Crippen LogP contribution in [0.5, 0.6) is 0 Å². The first-order valence-corrected chi connectivity index (χ1v) is 11.1. The van der Waals surface area contributed by atoms with Crippen LogP contribution in [0.1, 0.15) is 32.1 Å². The Morgan fingerprint density at radius 1 is 1.12 bits per heavy atom. The van der Waals surface area contributed by atoms with Gasteiger partial charge in [-0.05, 0) is 17.9 Å². The van der Waals surface area contributed by atoms with Gasteiger partial charge in [-0.3, -0.25) is 23.9 Å². The highest BCUT2D eigenvalue weighted by Crippen LogP contribution is 2.28. The van der Waals surface area contributed by atoms with Crippen molar-refractivity contribution in [2.75, 3.05) is 6.54 Å². The van der Waals surface area contributed by atoms with Crippen LogP contribution >= 0.6 is 0 Å². The Bertz CT molecular complexity index is 1100. The van der Waals surface area contributed by atoms with Crippen molar-refractivity contribution >= 4 is 11.8 Å². The van der Waals surface area contributed by atoms with E-state index in [1.165, 1.54) is 0 Å². The predicted octanol–water partition coefficient (Wildman–Crippen LogP) is -0.954. The lowest BCUT2D eigenvalue weighted by atomic mass is 10.0. The number of aliphatic hydroxyl groups excluding tert-OH is 2. The summed E-state index contributed by atoms with van der Waals surface area (Å²) >= 11 is 0. The standard InChI is InChI=1S/C23H30N4O7/c1-13(2)8-10-24-20(31)15(12-14-6-4-3-5-7-14)25-21(32)19-17(29)18(30)22(34-19)27-11-9-16(28)26-23(27)33/h3-7,9,11,13,15,17-19,22,29-30H,8,10,12H2,1-2H3,(H,24,31)(H,25,32)(H,26,28,33)/t15-,17+,18-,19+,22-/m1/s1. The zero-order valence-electron chi connectivity index (χ0n) is 19.0. The van der Waals surface area contributed by atoms with Gasteiger partial charge in [-0.15, -0.1) is 0 Å². The van der Waals surface area contributed by atoms with Crippen molar-refractivity contribution in [3.05, 3.63) is 69.0 Å². The molecule has 0 aliphatic carbocycles. The molecule has 184 valence electrons. The average Bonchev–Trinajstić information content (AvgIpc) is 3.08. The van der Waals surface area contributed by atoms with Gasteiger partial charge in [-0.25, -0.2) is 4.79 Å². The van der Waals surface area contributed by atoms with E-state index in [1.807, 2.05) is 49.2 Å². The van der Waals surface area contributed by atoms with Gasteiger partial charge in [0.2, 0.25) is 5.91 Å². The van der Waals surface area contributed by atoms with Crippen molar-refractivity contribution in [1.82, 2.24) is 20.2 Å². The lowest BCUT2D eigenvalue weighted by molar-refractivity contribution is -0.141. The van der Waals surface area contributed by atoms with Crippen molar-refractivity contribution in [3.8, 4) is 0 Å². The monoisotopic (exact) mass is 474 g/mol. The number of aromatic amines is 1. The van der Waals surface area contributed by atoms with E-state index in [4.69, 9.17) is 4.74 Å². The van der Waals surface area contributed by atoms with Crippen molar-refractivity contribution in [3.63, 3.8) is 0 Å². The molecule has 11 nitrogen and oxygen atoms in total. The van der Waals surface area contributed by atoms with Crippen molar-refractivity contribution in [1.29, 1.82) is 0 Å². The number of benzene rings is 1. The Kier molecular flexibility index (Phi) is 8.37. The third-order valence-electron chi connectivity index (χ3n) is 5.56. The highest BCUT2D eigenvalue weighted by molar-refractivity contribution is 5.90. The van der Waals surface area contributed by atoms with Crippen LogP contribution < -0.4 is 21.9 Å². The number of carbonyl (C=O) groups excluding carboxylic acids is 2. The molecule has 1 fully saturated rings. The van der Waals surface area contributed by atoms with E-state index in [9.17, 15) is 29.4 Å². The minimum absolute atomic E-state index is 0.203. The number of hydrogen-bond acceptors (Lipinski definition) is 7. The SMILES string of the molecule is CC(C)CCNC(=O)[C@@H](Cc1ccccc1)NC(=O)[C@H]1O[C@@H](n2ccc(=O)[nH]c2=O)[C@H](O)[C@@H]1O. The number of hydrogen-bond donors (Lipinski definition) is 5. The summed E-state index contributed by atoms with van der Waals surface area (Å²) in [5.41, 5.74) is -0.690. The number of amides is 2. The Labute approximate surface area is 195 Å². The molecule has 0 spiro atoms. The molecular formula is C23H30N4O7. The summed E-state index contributed by atoms with van der Waals surface area (Å²) in [6.45, 7) is 4.50. The highest BCUT2D eigenvalue weighted by atomic mass is 16.6. The number of H-pyrrole nitrogens is 1. The van der Waals surface area contributed by atoms with Gasteiger partial charge in [0, 0.05) is 25.2 Å². The Hall–Kier alpha value is -3.28. The second-order valence-corrected chi connectivity index (χ2v) is 8.67. The molecule has 5 N–H and O–H groups in total. The molecule has 11 heteroatoms. The van der Waals surface area contributed by atoms with Crippen molar-refractivity contribution in [2.24, 2.45) is 5.92 Å². The van der Waals surface area contributed by atoms with Crippen LogP contribution in [-0.4, -0.2) is 62.5 Å². The zero-order chi connectivity index (χ0) is 24.8. The molecule has 1 aliphatic heterocycles. The first-order chi connectivity index (χ1) is 16.2. The molecule has 34 heavy (non-hydrogen) atoms. The van der Waals surface area contributed by atoms with E-state index in [-0.39, 0.29) is 12.3 Å². The summed E-state index contributed by atoms with van der Waals surface area (Å²) in [5.74, 6) is -0.815. The molecule has 0 radical (unpaired) electrons. The first kappa shape index (κ1) is 25.3. The van der Waals surface area contributed by atoms with Crippen LogP contribution in [0.15, 0.2) is 52.2 Å². The summed E-state index contributed by atoms with van der Waals surface area (Å²) in [6.07, 6.45) is -4.15. The topological polar surface area (TPSA) is 163 Å². The lowest BCUT2D eigenvalue weighted by Crippen LogP contribution is -2.53. The molecule has 1 saturated heterocycles. The molecule has 2 amide bonds. The van der Waals surface area contributed by atoms with Gasteiger partial charge in [0.25, 0.3) is 11.5 Å². The largest absolute Gasteiger partial charge is 0.387 e. The number of aromatic nitrogens is 2. The molecule has 2 aromatic rings. The summed E-state index contributed by atoms with van der Waals surface area (Å²) in [5, 5.41) is 26.2. The maximum Gasteiger partial charge on any atom is 0.330 e. The fourth-order valence-corrected chi connectivity index (χ4v) is 3.65. The molecule has 0 saturated carbocycles. The Morgan fingerprint density at radius 3 is 2.47 bits per heavy atom. The zero-order valence-corrected chi connectivity index (χ0v) is 19.0. The molecule has 0 bridgehead atoms. The summed E-state index contributed by atoms with van der Waals surface area (Å²) in [7, 11) is 0. The maximum atomic E-state index is 13.0. The van der Waals surface area contributed by atoms with Crippen molar-refractivity contribution < 1.29 is 24.5 Å². The third kappa shape index (κ3) is 6.19. The van der Waals surface area contributed by atoms with E-state index >= 15 is 0 Å². The smallest absolute Gasteiger partial charge is 0.330 e. The molecule has 1 aromatic heterocycles. The summed E-state index contributed by atoms with van der Waals surface area (Å²) < 4.78 is 6.37. The summed E-state index contributed by atoms with van der Waals surface area (Å²) in [6, 6.07) is 9.21. The minimum Gasteiger partial charge on any atom is -0.387 e. The summed E-state index contributed by atoms with van der Waals surface area (Å²) in [4.78, 5) is 51.2. The van der Waals surface area contributed by atoms with Crippen LogP contribution in [0.4, 0.5) is 0 Å². The van der Waals surface area contributed by atoms with Gasteiger partial charge in [-0.1, -0.05) is 44.2 Å². The highest BCUT2D eigenvalue weighted by Gasteiger charge is 2.48. The molecule has 2 heterocycles. The van der Waals surface area contributed by atoms with Gasteiger partial charge >= 0.3 is 5.69 Å². The van der Waals surface area contributed by atoms with Crippen LogP contribution in [0, 0.1) is 5.92 Å². The van der Waals surface area contributed by atoms with E-state index < -0.39 is 47.7 Å².